The van der Waals surface area contributed by atoms with Gasteiger partial charge in [-0.3, -0.25) is 0 Å². The van der Waals surface area contributed by atoms with Gasteiger partial charge >= 0.3 is 0 Å². The van der Waals surface area contributed by atoms with Gasteiger partial charge in [0.2, 0.25) is 0 Å². The van der Waals surface area contributed by atoms with Crippen LogP contribution in [-0.2, 0) is 0 Å². The van der Waals surface area contributed by atoms with Gasteiger partial charge in [0.25, 0.3) is 0 Å². The van der Waals surface area contributed by atoms with Crippen LogP contribution in [0.1, 0.15) is 22.3 Å². The molecule has 10 rings (SSSR count). The van der Waals surface area contributed by atoms with Gasteiger partial charge in [-0.25, -0.2) is 0 Å². The minimum absolute atomic E-state index is 1.13. The van der Waals surface area contributed by atoms with Crippen LogP contribution in [0.15, 0.2) is 194 Å². The first-order chi connectivity index (χ1) is 28.9. The number of fused-ring (bicyclic) bond motifs is 5. The van der Waals surface area contributed by atoms with Gasteiger partial charge in [0.15, 0.2) is 0 Å². The third kappa shape index (κ3) is 6.94. The van der Waals surface area contributed by atoms with Crippen LogP contribution in [0.2, 0.25) is 0 Å². The second-order valence-electron chi connectivity index (χ2n) is 15.8. The third-order valence-electron chi connectivity index (χ3n) is 11.5. The van der Waals surface area contributed by atoms with E-state index >= 15 is 0 Å². The Kier molecular flexibility index (Phi) is 9.32. The molecule has 0 radical (unpaired) electrons. The lowest BCUT2D eigenvalue weighted by atomic mass is 9.95. The molecule has 9 aromatic carbocycles. The highest BCUT2D eigenvalue weighted by molar-refractivity contribution is 7.26. The summed E-state index contributed by atoms with van der Waals surface area (Å²) >= 11 is 1.90. The molecule has 0 aliphatic carbocycles. The maximum atomic E-state index is 2.40. The zero-order valence-corrected chi connectivity index (χ0v) is 34.6. The van der Waals surface area contributed by atoms with E-state index < -0.39 is 0 Å². The van der Waals surface area contributed by atoms with Gasteiger partial charge in [0, 0.05) is 59.9 Å². The van der Waals surface area contributed by atoms with E-state index in [1.807, 2.05) is 11.3 Å². The zero-order chi connectivity index (χ0) is 40.0. The number of rotatable bonds is 8. The molecule has 3 heteroatoms. The minimum Gasteiger partial charge on any atom is -0.311 e. The van der Waals surface area contributed by atoms with Crippen molar-refractivity contribution in [2.24, 2.45) is 0 Å². The van der Waals surface area contributed by atoms with E-state index in [2.05, 4.69) is 232 Å². The zero-order valence-electron chi connectivity index (χ0n) is 33.8. The predicted octanol–water partition coefficient (Wildman–Crippen LogP) is 16.7. The molecule has 0 unspecified atom stereocenters. The van der Waals surface area contributed by atoms with Crippen LogP contribution in [0, 0.1) is 27.7 Å². The summed E-state index contributed by atoms with van der Waals surface area (Å²) < 4.78 is 2.61. The molecule has 1 aromatic heterocycles. The van der Waals surface area contributed by atoms with Crippen molar-refractivity contribution in [3.63, 3.8) is 0 Å². The lowest BCUT2D eigenvalue weighted by Gasteiger charge is -2.26. The average Bonchev–Trinajstić information content (AvgIpc) is 3.66. The van der Waals surface area contributed by atoms with Crippen LogP contribution in [0.4, 0.5) is 34.1 Å². The minimum atomic E-state index is 1.13. The largest absolute Gasteiger partial charge is 0.311 e. The van der Waals surface area contributed by atoms with Crippen LogP contribution < -0.4 is 9.80 Å². The van der Waals surface area contributed by atoms with Crippen LogP contribution in [-0.4, -0.2) is 0 Å². The maximum absolute atomic E-state index is 2.40. The van der Waals surface area contributed by atoms with E-state index in [0.29, 0.717) is 0 Å². The Morgan fingerprint density at radius 2 is 0.729 bits per heavy atom. The Hall–Kier alpha value is -6.94. The highest BCUT2D eigenvalue weighted by atomic mass is 32.1. The van der Waals surface area contributed by atoms with Gasteiger partial charge < -0.3 is 9.80 Å². The Bertz CT molecular complexity index is 3000. The predicted molar refractivity (Wildman–Crippen MR) is 256 cm³/mol. The molecule has 0 fully saturated rings. The second-order valence-corrected chi connectivity index (χ2v) is 16.8. The standard InChI is InChI=1S/C56H44N2S/c1-37-9-22-45(23-10-37)57(46-24-11-38(2)12-25-46)49-30-17-41(18-31-49)43-21-34-54-53(35-43)55-51-8-6-5-7-44(51)36-52(56(55)59-54)42-19-32-50(33-20-42)58(47-26-13-39(3)14-27-47)48-28-15-40(4)16-29-48/h5-36H,1-4H3. The molecule has 0 N–H and O–H groups in total. The fraction of sp³-hybridized carbons (Fsp3) is 0.0714. The smallest absolute Gasteiger partial charge is 0.0462 e. The molecule has 0 spiro atoms. The van der Waals surface area contributed by atoms with Crippen molar-refractivity contribution in [1.29, 1.82) is 0 Å². The molecule has 10 aromatic rings. The second kappa shape index (κ2) is 15.1. The molecule has 59 heavy (non-hydrogen) atoms. The molecule has 0 bridgehead atoms. The first kappa shape index (κ1) is 36.4. The van der Waals surface area contributed by atoms with Gasteiger partial charge in [0.1, 0.15) is 0 Å². The molecule has 0 atom stereocenters. The van der Waals surface area contributed by atoms with Crippen molar-refractivity contribution in [3.8, 4) is 22.3 Å². The van der Waals surface area contributed by atoms with E-state index in [1.165, 1.54) is 75.5 Å². The van der Waals surface area contributed by atoms with Gasteiger partial charge in [-0.2, -0.15) is 0 Å². The topological polar surface area (TPSA) is 6.48 Å². The molecule has 284 valence electrons. The van der Waals surface area contributed by atoms with Gasteiger partial charge in [-0.05, 0) is 146 Å². The summed E-state index contributed by atoms with van der Waals surface area (Å²) in [6.45, 7) is 8.55. The highest BCUT2D eigenvalue weighted by Crippen LogP contribution is 2.46. The quantitative estimate of drug-likeness (QED) is 0.152. The molecule has 0 amide bonds. The molecule has 0 aliphatic rings. The van der Waals surface area contributed by atoms with E-state index in [4.69, 9.17) is 0 Å². The molecular formula is C56H44N2S. The Morgan fingerprint density at radius 1 is 0.339 bits per heavy atom. The molecular weight excluding hydrogens is 733 g/mol. The molecule has 0 aliphatic heterocycles. The first-order valence-electron chi connectivity index (χ1n) is 20.3. The summed E-state index contributed by atoms with van der Waals surface area (Å²) in [7, 11) is 0. The Labute approximate surface area is 350 Å². The summed E-state index contributed by atoms with van der Waals surface area (Å²) in [5.41, 5.74) is 16.7. The molecule has 2 nitrogen and oxygen atoms in total. The Morgan fingerprint density at radius 3 is 1.19 bits per heavy atom. The van der Waals surface area contributed by atoms with Crippen molar-refractivity contribution < 1.29 is 0 Å². The van der Waals surface area contributed by atoms with E-state index in [9.17, 15) is 0 Å². The van der Waals surface area contributed by atoms with Gasteiger partial charge in [-0.15, -0.1) is 11.3 Å². The van der Waals surface area contributed by atoms with Crippen molar-refractivity contribution >= 4 is 76.4 Å². The fourth-order valence-electron chi connectivity index (χ4n) is 8.28. The number of anilines is 6. The van der Waals surface area contributed by atoms with Crippen LogP contribution >= 0.6 is 11.3 Å². The van der Waals surface area contributed by atoms with Crippen molar-refractivity contribution in [2.45, 2.75) is 27.7 Å². The van der Waals surface area contributed by atoms with Crippen LogP contribution in [0.5, 0.6) is 0 Å². The normalized spacial score (nSPS) is 11.4. The van der Waals surface area contributed by atoms with E-state index in [1.54, 1.807) is 0 Å². The SMILES string of the molecule is Cc1ccc(N(c2ccc(C)cc2)c2ccc(-c3ccc4sc5c(-c6ccc(N(c7ccc(C)cc7)c7ccc(C)cc7)cc6)cc6ccccc6c5c4c3)cc2)cc1. The van der Waals surface area contributed by atoms with Crippen LogP contribution in [0.25, 0.3) is 53.2 Å². The highest BCUT2D eigenvalue weighted by Gasteiger charge is 2.18. The van der Waals surface area contributed by atoms with E-state index in [0.717, 1.165) is 34.1 Å². The third-order valence-corrected chi connectivity index (χ3v) is 12.7. The van der Waals surface area contributed by atoms with Crippen molar-refractivity contribution in [2.75, 3.05) is 9.80 Å². The molecule has 0 saturated carbocycles. The van der Waals surface area contributed by atoms with Crippen molar-refractivity contribution in [3.05, 3.63) is 216 Å². The molecule has 0 saturated heterocycles. The number of hydrogen-bond donors (Lipinski definition) is 0. The fourth-order valence-corrected chi connectivity index (χ4v) is 9.52. The number of aryl methyl sites for hydroxylation is 4. The van der Waals surface area contributed by atoms with E-state index in [-0.39, 0.29) is 0 Å². The van der Waals surface area contributed by atoms with Gasteiger partial charge in [0.05, 0.1) is 0 Å². The average molecular weight is 777 g/mol. The summed E-state index contributed by atoms with van der Waals surface area (Å²) in [6, 6.07) is 71.5. The summed E-state index contributed by atoms with van der Waals surface area (Å²) in [5, 5.41) is 5.17. The summed E-state index contributed by atoms with van der Waals surface area (Å²) in [5.74, 6) is 0. The lowest BCUT2D eigenvalue weighted by Crippen LogP contribution is -2.09. The van der Waals surface area contributed by atoms with Crippen LogP contribution in [0.3, 0.4) is 0 Å². The molecule has 1 heterocycles. The first-order valence-corrected chi connectivity index (χ1v) is 21.1. The van der Waals surface area contributed by atoms with Gasteiger partial charge in [-0.1, -0.05) is 125 Å². The number of benzene rings is 9. The number of hydrogen-bond acceptors (Lipinski definition) is 3. The van der Waals surface area contributed by atoms with Crippen molar-refractivity contribution in [1.82, 2.24) is 0 Å². The maximum Gasteiger partial charge on any atom is 0.0462 e. The number of thiophene rings is 1. The summed E-state index contributed by atoms with van der Waals surface area (Å²) in [6.07, 6.45) is 0. The lowest BCUT2D eigenvalue weighted by molar-refractivity contribution is 1.27. The monoisotopic (exact) mass is 776 g/mol. The Balaban J connectivity index is 1.04. The summed E-state index contributed by atoms with van der Waals surface area (Å²) in [4.78, 5) is 4.68. The number of nitrogens with zero attached hydrogens (tertiary/aromatic N) is 2.